The summed E-state index contributed by atoms with van der Waals surface area (Å²) in [7, 11) is 1.91. The van der Waals surface area contributed by atoms with Gasteiger partial charge in [0.15, 0.2) is 0 Å². The van der Waals surface area contributed by atoms with Crippen molar-refractivity contribution in [2.75, 3.05) is 33.3 Å². The molecule has 5 rings (SSSR count). The third kappa shape index (κ3) is 4.71. The topological polar surface area (TPSA) is 58.6 Å². The molecule has 3 aromatic rings. The first-order chi connectivity index (χ1) is 16.0. The van der Waals surface area contributed by atoms with Crippen molar-refractivity contribution in [2.24, 2.45) is 11.3 Å². The molecule has 0 bridgehead atoms. The average molecular weight is 445 g/mol. The van der Waals surface area contributed by atoms with E-state index in [9.17, 15) is 4.79 Å². The molecule has 1 atom stereocenters. The average Bonchev–Trinajstić information content (AvgIpc) is 3.54. The van der Waals surface area contributed by atoms with Crippen LogP contribution in [0.25, 0.3) is 11.0 Å². The predicted octanol–water partition coefficient (Wildman–Crippen LogP) is 4.08. The summed E-state index contributed by atoms with van der Waals surface area (Å²) in [6.45, 7) is 6.15. The number of amides is 1. The second-order valence-electron chi connectivity index (χ2n) is 9.66. The van der Waals surface area contributed by atoms with Crippen LogP contribution >= 0.6 is 0 Å². The molecule has 1 spiro atoms. The Labute approximate surface area is 195 Å². The van der Waals surface area contributed by atoms with Crippen molar-refractivity contribution in [1.29, 1.82) is 0 Å². The van der Waals surface area contributed by atoms with Crippen molar-refractivity contribution >= 4 is 16.9 Å². The SMILES string of the molecule is Cc1ccc(OCCN(C)C(=O)C2CC23CCN(Cc2cccc4nccnc24)CC3)cc1. The predicted molar refractivity (Wildman–Crippen MR) is 129 cm³/mol. The molecule has 6 heteroatoms. The lowest BCUT2D eigenvalue weighted by Gasteiger charge is -2.33. The van der Waals surface area contributed by atoms with Gasteiger partial charge in [0.05, 0.1) is 17.6 Å². The van der Waals surface area contributed by atoms with E-state index in [1.165, 1.54) is 11.1 Å². The van der Waals surface area contributed by atoms with Crippen LogP contribution in [0, 0.1) is 18.3 Å². The third-order valence-electron chi connectivity index (χ3n) is 7.41. The van der Waals surface area contributed by atoms with Crippen molar-refractivity contribution in [3.63, 3.8) is 0 Å². The molecule has 1 aliphatic heterocycles. The lowest BCUT2D eigenvalue weighted by Crippen LogP contribution is -2.38. The van der Waals surface area contributed by atoms with Crippen LogP contribution in [0.1, 0.15) is 30.4 Å². The molecule has 1 amide bonds. The van der Waals surface area contributed by atoms with Gasteiger partial charge in [-0.3, -0.25) is 19.7 Å². The van der Waals surface area contributed by atoms with Crippen LogP contribution in [0.15, 0.2) is 54.9 Å². The van der Waals surface area contributed by atoms with Gasteiger partial charge >= 0.3 is 0 Å². The van der Waals surface area contributed by atoms with Crippen molar-refractivity contribution in [1.82, 2.24) is 19.8 Å². The van der Waals surface area contributed by atoms with Crippen LogP contribution < -0.4 is 4.74 Å². The first kappa shape index (κ1) is 21.8. The first-order valence-corrected chi connectivity index (χ1v) is 11.9. The van der Waals surface area contributed by atoms with Crippen LogP contribution in [0.5, 0.6) is 5.75 Å². The van der Waals surface area contributed by atoms with E-state index in [1.807, 2.05) is 42.3 Å². The fourth-order valence-corrected chi connectivity index (χ4v) is 5.14. The number of hydrogen-bond donors (Lipinski definition) is 0. The summed E-state index contributed by atoms with van der Waals surface area (Å²) in [6.07, 6.45) is 6.72. The van der Waals surface area contributed by atoms with E-state index in [0.717, 1.165) is 55.7 Å². The number of benzene rings is 2. The fraction of sp³-hybridized carbons (Fsp3) is 0.444. The zero-order valence-electron chi connectivity index (χ0n) is 19.5. The second kappa shape index (κ2) is 9.10. The third-order valence-corrected chi connectivity index (χ3v) is 7.41. The molecule has 2 aliphatic rings. The largest absolute Gasteiger partial charge is 0.492 e. The van der Waals surface area contributed by atoms with Gasteiger partial charge in [-0.2, -0.15) is 0 Å². The summed E-state index contributed by atoms with van der Waals surface area (Å²) in [5.74, 6) is 1.31. The summed E-state index contributed by atoms with van der Waals surface area (Å²) >= 11 is 0. The molecule has 2 fully saturated rings. The van der Waals surface area contributed by atoms with E-state index in [0.29, 0.717) is 13.2 Å². The number of piperidine rings is 1. The van der Waals surface area contributed by atoms with Gasteiger partial charge < -0.3 is 9.64 Å². The van der Waals surface area contributed by atoms with Crippen LogP contribution in [-0.4, -0.2) is 59.0 Å². The zero-order valence-corrected chi connectivity index (χ0v) is 19.5. The molecule has 0 radical (unpaired) electrons. The minimum Gasteiger partial charge on any atom is -0.492 e. The Balaban J connectivity index is 1.10. The van der Waals surface area contributed by atoms with E-state index in [2.05, 4.69) is 33.9 Å². The van der Waals surface area contributed by atoms with Crippen molar-refractivity contribution in [3.8, 4) is 5.75 Å². The van der Waals surface area contributed by atoms with Gasteiger partial charge in [-0.25, -0.2) is 0 Å². The van der Waals surface area contributed by atoms with Gasteiger partial charge in [0.1, 0.15) is 12.4 Å². The number of hydrogen-bond acceptors (Lipinski definition) is 5. The molecule has 1 aliphatic carbocycles. The maximum Gasteiger partial charge on any atom is 0.226 e. The number of carbonyl (C=O) groups is 1. The summed E-state index contributed by atoms with van der Waals surface area (Å²) < 4.78 is 5.81. The molecule has 1 aromatic heterocycles. The maximum absolute atomic E-state index is 13.0. The number of aryl methyl sites for hydroxylation is 1. The van der Waals surface area contributed by atoms with Gasteiger partial charge in [-0.1, -0.05) is 29.8 Å². The van der Waals surface area contributed by atoms with Crippen LogP contribution in [-0.2, 0) is 11.3 Å². The highest BCUT2D eigenvalue weighted by atomic mass is 16.5. The summed E-state index contributed by atoms with van der Waals surface area (Å²) in [5, 5.41) is 0. The highest BCUT2D eigenvalue weighted by molar-refractivity contribution is 5.82. The molecule has 2 aromatic carbocycles. The van der Waals surface area contributed by atoms with Crippen molar-refractivity contribution in [2.45, 2.75) is 32.7 Å². The Morgan fingerprint density at radius 1 is 1.12 bits per heavy atom. The minimum absolute atomic E-state index is 0.174. The van der Waals surface area contributed by atoms with Crippen LogP contribution in [0.2, 0.25) is 0 Å². The Hall–Kier alpha value is -2.99. The van der Waals surface area contributed by atoms with E-state index in [4.69, 9.17) is 4.74 Å². The number of ether oxygens (including phenoxy) is 1. The van der Waals surface area contributed by atoms with Crippen LogP contribution in [0.4, 0.5) is 0 Å². The monoisotopic (exact) mass is 444 g/mol. The number of carbonyl (C=O) groups excluding carboxylic acids is 1. The van der Waals surface area contributed by atoms with Crippen molar-refractivity contribution < 1.29 is 9.53 Å². The Morgan fingerprint density at radius 3 is 2.67 bits per heavy atom. The molecular weight excluding hydrogens is 412 g/mol. The zero-order chi connectivity index (χ0) is 22.8. The number of fused-ring (bicyclic) bond motifs is 1. The van der Waals surface area contributed by atoms with E-state index in [1.54, 1.807) is 12.4 Å². The molecule has 1 saturated carbocycles. The minimum atomic E-state index is 0.174. The molecule has 1 unspecified atom stereocenters. The van der Waals surface area contributed by atoms with Gasteiger partial charge in [0.2, 0.25) is 5.91 Å². The summed E-state index contributed by atoms with van der Waals surface area (Å²) in [4.78, 5) is 26.3. The summed E-state index contributed by atoms with van der Waals surface area (Å²) in [6, 6.07) is 14.3. The lowest BCUT2D eigenvalue weighted by atomic mass is 9.90. The van der Waals surface area contributed by atoms with E-state index in [-0.39, 0.29) is 17.2 Å². The van der Waals surface area contributed by atoms with Crippen LogP contribution in [0.3, 0.4) is 0 Å². The highest BCUT2D eigenvalue weighted by Crippen LogP contribution is 2.60. The van der Waals surface area contributed by atoms with Gasteiger partial charge in [0, 0.05) is 31.9 Å². The number of aromatic nitrogens is 2. The number of para-hydroxylation sites is 1. The van der Waals surface area contributed by atoms with Gasteiger partial charge in [-0.15, -0.1) is 0 Å². The van der Waals surface area contributed by atoms with Gasteiger partial charge in [-0.05, 0) is 68.5 Å². The lowest BCUT2D eigenvalue weighted by molar-refractivity contribution is -0.132. The highest BCUT2D eigenvalue weighted by Gasteiger charge is 2.58. The molecule has 0 N–H and O–H groups in total. The smallest absolute Gasteiger partial charge is 0.226 e. The standard InChI is InChI=1S/C27H32N4O2/c1-20-6-8-22(9-7-20)33-17-16-30(2)26(32)23-18-27(23)10-14-31(15-11-27)19-21-4-3-5-24-25(21)29-13-12-28-24/h3-9,12-13,23H,10-11,14-19H2,1-2H3. The molecular formula is C27H32N4O2. The maximum atomic E-state index is 13.0. The number of nitrogens with zero attached hydrogens (tertiary/aromatic N) is 4. The number of rotatable bonds is 7. The fourth-order valence-electron chi connectivity index (χ4n) is 5.14. The normalized spacial score (nSPS) is 19.5. The number of likely N-dealkylation sites (N-methyl/N-ethyl adjacent to an activating group) is 1. The van der Waals surface area contributed by atoms with Gasteiger partial charge in [0.25, 0.3) is 0 Å². The second-order valence-corrected chi connectivity index (χ2v) is 9.66. The summed E-state index contributed by atoms with van der Waals surface area (Å²) in [5.41, 5.74) is 4.59. The Bertz CT molecular complexity index is 1120. The number of likely N-dealkylation sites (tertiary alicyclic amines) is 1. The van der Waals surface area contributed by atoms with E-state index < -0.39 is 0 Å². The molecule has 1 saturated heterocycles. The Kier molecular flexibility index (Phi) is 6.02. The van der Waals surface area contributed by atoms with Crippen molar-refractivity contribution in [3.05, 3.63) is 66.0 Å². The van der Waals surface area contributed by atoms with E-state index >= 15 is 0 Å². The molecule has 2 heterocycles. The molecule has 33 heavy (non-hydrogen) atoms. The quantitative estimate of drug-likeness (QED) is 0.550. The molecule has 6 nitrogen and oxygen atoms in total. The molecule has 172 valence electrons. The Morgan fingerprint density at radius 2 is 1.88 bits per heavy atom. The first-order valence-electron chi connectivity index (χ1n) is 11.9.